The highest BCUT2D eigenvalue weighted by atomic mass is 19.4. The van der Waals surface area contributed by atoms with Gasteiger partial charge in [-0.25, -0.2) is 14.7 Å². The molecule has 0 spiro atoms. The van der Waals surface area contributed by atoms with Gasteiger partial charge in [0.25, 0.3) is 5.88 Å². The minimum atomic E-state index is -5.08. The Morgan fingerprint density at radius 3 is 2.12 bits per heavy atom. The first-order valence-electron chi connectivity index (χ1n) is 11.1. The Bertz CT molecular complexity index is 950. The summed E-state index contributed by atoms with van der Waals surface area (Å²) in [5, 5.41) is 25.7. The Morgan fingerprint density at radius 1 is 1.00 bits per heavy atom. The highest BCUT2D eigenvalue weighted by molar-refractivity contribution is 5.87. The van der Waals surface area contributed by atoms with Crippen LogP contribution in [0.25, 0.3) is 0 Å². The fourth-order valence-electron chi connectivity index (χ4n) is 4.39. The molecule has 0 atom stereocenters. The molecule has 9 nitrogen and oxygen atoms in total. The van der Waals surface area contributed by atoms with Gasteiger partial charge in [-0.2, -0.15) is 13.2 Å². The zero-order chi connectivity index (χ0) is 24.7. The summed E-state index contributed by atoms with van der Waals surface area (Å²) in [6.45, 7) is 2.38. The molecule has 2 fully saturated rings. The molecule has 34 heavy (non-hydrogen) atoms. The lowest BCUT2D eigenvalue weighted by Gasteiger charge is -2.39. The second kappa shape index (κ2) is 11.3. The van der Waals surface area contributed by atoms with Crippen molar-refractivity contribution in [3.63, 3.8) is 0 Å². The zero-order valence-corrected chi connectivity index (χ0v) is 18.4. The van der Waals surface area contributed by atoms with E-state index in [1.54, 1.807) is 0 Å². The molecule has 0 bridgehead atoms. The lowest BCUT2D eigenvalue weighted by molar-refractivity contribution is -0.192. The van der Waals surface area contributed by atoms with Crippen molar-refractivity contribution < 1.29 is 37.7 Å². The number of likely N-dealkylation sites (tertiary alicyclic amines) is 1. The molecule has 0 unspecified atom stereocenters. The number of halogens is 3. The van der Waals surface area contributed by atoms with Crippen LogP contribution >= 0.6 is 0 Å². The Kier molecular flexibility index (Phi) is 8.48. The third kappa shape index (κ3) is 6.92. The van der Waals surface area contributed by atoms with E-state index in [9.17, 15) is 18.0 Å². The van der Waals surface area contributed by atoms with Gasteiger partial charge in [0, 0.05) is 6.04 Å². The maximum absolute atomic E-state index is 11.1. The Morgan fingerprint density at radius 2 is 1.59 bits per heavy atom. The van der Waals surface area contributed by atoms with E-state index in [2.05, 4.69) is 32.4 Å². The number of hydrogen-bond acceptors (Lipinski definition) is 6. The normalized spacial score (nSPS) is 18.1. The van der Waals surface area contributed by atoms with Gasteiger partial charge in [-0.05, 0) is 62.4 Å². The van der Waals surface area contributed by atoms with E-state index in [1.807, 2.05) is 12.1 Å². The fourth-order valence-corrected chi connectivity index (χ4v) is 4.39. The van der Waals surface area contributed by atoms with E-state index >= 15 is 0 Å². The van der Waals surface area contributed by atoms with Crippen LogP contribution in [0.5, 0.6) is 11.6 Å². The lowest BCUT2D eigenvalue weighted by atomic mass is 9.87. The van der Waals surface area contributed by atoms with Gasteiger partial charge in [-0.1, -0.05) is 41.7 Å². The van der Waals surface area contributed by atoms with Crippen molar-refractivity contribution in [2.75, 3.05) is 13.1 Å². The van der Waals surface area contributed by atoms with Gasteiger partial charge in [0.1, 0.15) is 5.75 Å². The molecule has 2 aromatic rings. The number of aromatic nitrogens is 3. The SMILES string of the molecule is O=C(O)C(F)(F)F.O=C(O)c1[nH]nnc1Oc1ccc(C2CCN(C3CCCCC3)CC2)cc1. The highest BCUT2D eigenvalue weighted by Gasteiger charge is 2.38. The average Bonchev–Trinajstić information content (AvgIpc) is 3.29. The van der Waals surface area contributed by atoms with Crippen molar-refractivity contribution >= 4 is 11.9 Å². The molecule has 2 aliphatic rings. The Hall–Kier alpha value is -3.15. The molecule has 0 radical (unpaired) electrons. The van der Waals surface area contributed by atoms with Crippen molar-refractivity contribution in [2.45, 2.75) is 63.1 Å². The molecule has 1 aliphatic heterocycles. The van der Waals surface area contributed by atoms with Crippen molar-refractivity contribution in [2.24, 2.45) is 0 Å². The molecule has 4 rings (SSSR count). The van der Waals surface area contributed by atoms with E-state index in [0.29, 0.717) is 11.7 Å². The predicted octanol–water partition coefficient (Wildman–Crippen LogP) is 4.44. The number of aliphatic carboxylic acids is 1. The van der Waals surface area contributed by atoms with Gasteiger partial charge in [-0.15, -0.1) is 0 Å². The number of nitrogens with zero attached hydrogens (tertiary/aromatic N) is 3. The monoisotopic (exact) mass is 484 g/mol. The summed E-state index contributed by atoms with van der Waals surface area (Å²) in [6, 6.07) is 8.72. The van der Waals surface area contributed by atoms with Gasteiger partial charge in [-0.3, -0.25) is 0 Å². The third-order valence-corrected chi connectivity index (χ3v) is 6.16. The molecule has 1 saturated carbocycles. The van der Waals surface area contributed by atoms with Gasteiger partial charge in [0.05, 0.1) is 0 Å². The molecule has 1 aromatic heterocycles. The summed E-state index contributed by atoms with van der Waals surface area (Å²) in [5.41, 5.74) is 1.18. The van der Waals surface area contributed by atoms with Crippen LogP contribution < -0.4 is 4.74 Å². The summed E-state index contributed by atoms with van der Waals surface area (Å²) in [4.78, 5) is 22.7. The fraction of sp³-hybridized carbons (Fsp3) is 0.545. The number of hydrogen-bond donors (Lipinski definition) is 3. The average molecular weight is 484 g/mol. The van der Waals surface area contributed by atoms with Crippen LogP contribution in [-0.2, 0) is 4.79 Å². The summed E-state index contributed by atoms with van der Waals surface area (Å²) >= 11 is 0. The standard InChI is InChI=1S/C20H26N4O3.C2HF3O2/c25-20(26)18-19(22-23-21-18)27-17-8-6-14(7-9-17)15-10-12-24(13-11-15)16-4-2-1-3-5-16;3-2(4,5)1(6)7/h6-9,15-16H,1-5,10-13H2,(H,25,26)(H,21,22,23);(H,6,7). The van der Waals surface area contributed by atoms with E-state index in [-0.39, 0.29) is 11.6 Å². The van der Waals surface area contributed by atoms with Crippen molar-refractivity contribution in [3.8, 4) is 11.6 Å². The van der Waals surface area contributed by atoms with Crippen LogP contribution in [0.15, 0.2) is 24.3 Å². The molecule has 1 aromatic carbocycles. The molecule has 1 aliphatic carbocycles. The van der Waals surface area contributed by atoms with Crippen LogP contribution in [0.1, 0.15) is 66.9 Å². The number of H-pyrrole nitrogens is 1. The summed E-state index contributed by atoms with van der Waals surface area (Å²) in [5.74, 6) is -2.77. The number of ether oxygens (including phenoxy) is 1. The highest BCUT2D eigenvalue weighted by Crippen LogP contribution is 2.33. The number of aromatic carboxylic acids is 1. The first kappa shape index (κ1) is 25.5. The van der Waals surface area contributed by atoms with Crippen LogP contribution in [0.3, 0.4) is 0 Å². The molecular weight excluding hydrogens is 457 g/mol. The smallest absolute Gasteiger partial charge is 0.476 e. The largest absolute Gasteiger partial charge is 0.490 e. The van der Waals surface area contributed by atoms with Crippen molar-refractivity contribution in [3.05, 3.63) is 35.5 Å². The van der Waals surface area contributed by atoms with Crippen LogP contribution in [0, 0.1) is 0 Å². The van der Waals surface area contributed by atoms with Crippen molar-refractivity contribution in [1.29, 1.82) is 0 Å². The number of alkyl halides is 3. The maximum atomic E-state index is 11.1. The Balaban J connectivity index is 0.000000406. The first-order valence-corrected chi connectivity index (χ1v) is 11.1. The number of carboxylic acid groups (broad SMARTS) is 2. The molecule has 1 saturated heterocycles. The van der Waals surface area contributed by atoms with Crippen LogP contribution in [-0.4, -0.2) is 67.8 Å². The zero-order valence-electron chi connectivity index (χ0n) is 18.4. The maximum Gasteiger partial charge on any atom is 0.490 e. The van der Waals surface area contributed by atoms with E-state index in [0.717, 1.165) is 6.04 Å². The second-order valence-corrected chi connectivity index (χ2v) is 8.37. The first-order chi connectivity index (χ1) is 16.1. The Labute approximate surface area is 193 Å². The molecule has 2 heterocycles. The minimum Gasteiger partial charge on any atom is -0.476 e. The number of piperidine rings is 1. The molecule has 3 N–H and O–H groups in total. The lowest BCUT2D eigenvalue weighted by Crippen LogP contribution is -2.41. The van der Waals surface area contributed by atoms with E-state index < -0.39 is 18.1 Å². The second-order valence-electron chi connectivity index (χ2n) is 8.37. The quantitative estimate of drug-likeness (QED) is 0.568. The van der Waals surface area contributed by atoms with Gasteiger partial charge in [0.2, 0.25) is 5.69 Å². The van der Waals surface area contributed by atoms with Gasteiger partial charge < -0.3 is 19.8 Å². The third-order valence-electron chi connectivity index (χ3n) is 6.16. The topological polar surface area (TPSA) is 129 Å². The van der Waals surface area contributed by atoms with Gasteiger partial charge in [0.15, 0.2) is 0 Å². The molecule has 0 amide bonds. The number of rotatable bonds is 5. The van der Waals surface area contributed by atoms with Gasteiger partial charge >= 0.3 is 18.1 Å². The summed E-state index contributed by atoms with van der Waals surface area (Å²) in [6.07, 6.45) is 4.24. The van der Waals surface area contributed by atoms with Crippen molar-refractivity contribution in [1.82, 2.24) is 20.3 Å². The van der Waals surface area contributed by atoms with E-state index in [4.69, 9.17) is 19.7 Å². The summed E-state index contributed by atoms with van der Waals surface area (Å²) in [7, 11) is 0. The van der Waals surface area contributed by atoms with Crippen LogP contribution in [0.2, 0.25) is 0 Å². The predicted molar refractivity (Wildman–Crippen MR) is 114 cm³/mol. The number of benzene rings is 1. The summed E-state index contributed by atoms with van der Waals surface area (Å²) < 4.78 is 37.3. The number of aromatic amines is 1. The minimum absolute atomic E-state index is 0.0176. The number of carbonyl (C=O) groups is 2. The molecule has 12 heteroatoms. The molecule has 186 valence electrons. The van der Waals surface area contributed by atoms with Crippen LogP contribution in [0.4, 0.5) is 13.2 Å². The number of carboxylic acids is 2. The molecular formula is C22H27F3N4O5. The van der Waals surface area contributed by atoms with E-state index in [1.165, 1.54) is 63.6 Å². The number of nitrogens with one attached hydrogen (secondary N) is 1.